The fourth-order valence-corrected chi connectivity index (χ4v) is 2.59. The third-order valence-electron chi connectivity index (χ3n) is 3.32. The van der Waals surface area contributed by atoms with Gasteiger partial charge in [-0.25, -0.2) is 0 Å². The lowest BCUT2D eigenvalue weighted by atomic mass is 10.1. The van der Waals surface area contributed by atoms with Gasteiger partial charge in [-0.05, 0) is 25.1 Å². The molecule has 19 heavy (non-hydrogen) atoms. The summed E-state index contributed by atoms with van der Waals surface area (Å²) < 4.78 is 11.5. The average Bonchev–Trinajstić information content (AvgIpc) is 2.84. The molecule has 2 aromatic rings. The van der Waals surface area contributed by atoms with Crippen LogP contribution in [0.4, 0.5) is 0 Å². The van der Waals surface area contributed by atoms with Gasteiger partial charge in [-0.15, -0.1) is 0 Å². The normalized spacial score (nSPS) is 14.7. The van der Waals surface area contributed by atoms with E-state index in [1.54, 1.807) is 7.11 Å². The van der Waals surface area contributed by atoms with Gasteiger partial charge in [0.1, 0.15) is 5.76 Å². The van der Waals surface area contributed by atoms with Crippen LogP contribution in [-0.2, 0) is 4.74 Å². The number of methoxy groups -OCH3 is 1. The molecule has 1 N–H and O–H groups in total. The van der Waals surface area contributed by atoms with Gasteiger partial charge in [0.25, 0.3) is 0 Å². The van der Waals surface area contributed by atoms with Gasteiger partial charge in [0.05, 0.1) is 17.2 Å². The van der Waals surface area contributed by atoms with Crippen LogP contribution in [0.25, 0.3) is 11.0 Å². The quantitative estimate of drug-likeness (QED) is 0.863. The van der Waals surface area contributed by atoms with Crippen molar-refractivity contribution >= 4 is 22.6 Å². The molecule has 0 aliphatic carbocycles. The highest BCUT2D eigenvalue weighted by molar-refractivity contribution is 6.34. The number of nitrogens with one attached hydrogen (secondary N) is 1. The molecule has 104 valence electrons. The fraction of sp³-hybridized carbons (Fsp3) is 0.467. The van der Waals surface area contributed by atoms with Crippen LogP contribution in [-0.4, -0.2) is 19.8 Å². The number of fused-ring (bicyclic) bond motifs is 1. The van der Waals surface area contributed by atoms with Gasteiger partial charge in [-0.1, -0.05) is 37.6 Å². The molecule has 0 spiro atoms. The average molecular weight is 282 g/mol. The molecule has 4 heteroatoms. The molecule has 0 amide bonds. The highest BCUT2D eigenvalue weighted by Crippen LogP contribution is 2.31. The minimum absolute atomic E-state index is 0.0449. The maximum Gasteiger partial charge on any atom is 0.152 e. The summed E-state index contributed by atoms with van der Waals surface area (Å²) in [5.41, 5.74) is 0.744. The standard InChI is InChI=1S/C15H20ClNO2/c1-4-12(18-3)14(17-5-2)13-9-10-7-6-8-11(16)15(10)19-13/h6-9,12,14,17H,4-5H2,1-3H3. The molecule has 2 rings (SSSR count). The van der Waals surface area contributed by atoms with E-state index in [2.05, 4.69) is 19.2 Å². The fourth-order valence-electron chi connectivity index (χ4n) is 2.37. The van der Waals surface area contributed by atoms with Crippen molar-refractivity contribution in [2.24, 2.45) is 0 Å². The molecular formula is C15H20ClNO2. The summed E-state index contributed by atoms with van der Waals surface area (Å²) in [5, 5.41) is 5.09. The predicted molar refractivity (Wildman–Crippen MR) is 78.7 cm³/mol. The Hall–Kier alpha value is -1.03. The van der Waals surface area contributed by atoms with E-state index >= 15 is 0 Å². The van der Waals surface area contributed by atoms with E-state index in [0.29, 0.717) is 5.02 Å². The lowest BCUT2D eigenvalue weighted by Crippen LogP contribution is -2.32. The van der Waals surface area contributed by atoms with Crippen molar-refractivity contribution in [3.8, 4) is 0 Å². The van der Waals surface area contributed by atoms with Crippen LogP contribution in [0.2, 0.25) is 5.02 Å². The Bertz CT molecular complexity index is 534. The Morgan fingerprint density at radius 1 is 1.37 bits per heavy atom. The van der Waals surface area contributed by atoms with E-state index in [0.717, 1.165) is 29.7 Å². The predicted octanol–water partition coefficient (Wildman–Crippen LogP) is 4.16. The molecule has 2 unspecified atom stereocenters. The first-order valence-electron chi connectivity index (χ1n) is 6.65. The van der Waals surface area contributed by atoms with E-state index in [1.165, 1.54) is 0 Å². The van der Waals surface area contributed by atoms with E-state index in [9.17, 15) is 0 Å². The third kappa shape index (κ3) is 2.94. The second kappa shape index (κ2) is 6.42. The second-order valence-corrected chi connectivity index (χ2v) is 4.93. The van der Waals surface area contributed by atoms with Gasteiger partial charge in [0.2, 0.25) is 0 Å². The van der Waals surface area contributed by atoms with Crippen LogP contribution in [0.5, 0.6) is 0 Å². The molecule has 1 aromatic heterocycles. The van der Waals surface area contributed by atoms with Crippen molar-refractivity contribution in [1.29, 1.82) is 0 Å². The van der Waals surface area contributed by atoms with Crippen LogP contribution in [0.3, 0.4) is 0 Å². The Morgan fingerprint density at radius 3 is 2.74 bits per heavy atom. The molecule has 1 heterocycles. The van der Waals surface area contributed by atoms with Crippen molar-refractivity contribution in [1.82, 2.24) is 5.32 Å². The smallest absolute Gasteiger partial charge is 0.152 e. The third-order valence-corrected chi connectivity index (χ3v) is 3.62. The van der Waals surface area contributed by atoms with E-state index in [-0.39, 0.29) is 12.1 Å². The molecule has 0 saturated heterocycles. The Labute approximate surface area is 118 Å². The number of ether oxygens (including phenoxy) is 1. The molecule has 3 nitrogen and oxygen atoms in total. The number of likely N-dealkylation sites (N-methyl/N-ethyl adjacent to an activating group) is 1. The number of rotatable bonds is 6. The first kappa shape index (κ1) is 14.4. The monoisotopic (exact) mass is 281 g/mol. The van der Waals surface area contributed by atoms with Gasteiger partial charge in [-0.2, -0.15) is 0 Å². The minimum atomic E-state index is 0.0449. The minimum Gasteiger partial charge on any atom is -0.458 e. The summed E-state index contributed by atoms with van der Waals surface area (Å²) in [5.74, 6) is 0.874. The van der Waals surface area contributed by atoms with Crippen LogP contribution in [0.15, 0.2) is 28.7 Å². The first-order chi connectivity index (χ1) is 9.21. The molecule has 0 bridgehead atoms. The zero-order chi connectivity index (χ0) is 13.8. The largest absolute Gasteiger partial charge is 0.458 e. The van der Waals surface area contributed by atoms with Crippen molar-refractivity contribution in [3.63, 3.8) is 0 Å². The van der Waals surface area contributed by atoms with Gasteiger partial charge in [0, 0.05) is 12.5 Å². The van der Waals surface area contributed by atoms with Gasteiger partial charge in [0.15, 0.2) is 5.58 Å². The molecule has 0 aliphatic heterocycles. The maximum absolute atomic E-state index is 6.15. The first-order valence-corrected chi connectivity index (χ1v) is 7.03. The summed E-state index contributed by atoms with van der Waals surface area (Å²) in [6.45, 7) is 5.04. The Morgan fingerprint density at radius 2 is 2.16 bits per heavy atom. The van der Waals surface area contributed by atoms with Crippen molar-refractivity contribution in [2.75, 3.05) is 13.7 Å². The molecule has 0 aliphatic rings. The molecule has 2 atom stereocenters. The van der Waals surface area contributed by atoms with Crippen LogP contribution >= 0.6 is 11.6 Å². The highest BCUT2D eigenvalue weighted by Gasteiger charge is 2.24. The van der Waals surface area contributed by atoms with Crippen molar-refractivity contribution < 1.29 is 9.15 Å². The summed E-state index contributed by atoms with van der Waals surface area (Å²) >= 11 is 6.15. The molecule has 0 radical (unpaired) electrons. The van der Waals surface area contributed by atoms with Gasteiger partial charge < -0.3 is 14.5 Å². The summed E-state index contributed by atoms with van der Waals surface area (Å²) in [7, 11) is 1.73. The highest BCUT2D eigenvalue weighted by atomic mass is 35.5. The van der Waals surface area contributed by atoms with Crippen LogP contribution < -0.4 is 5.32 Å². The van der Waals surface area contributed by atoms with Crippen molar-refractivity contribution in [3.05, 3.63) is 35.0 Å². The lowest BCUT2D eigenvalue weighted by molar-refractivity contribution is 0.0591. The summed E-state index contributed by atoms with van der Waals surface area (Å²) in [6, 6.07) is 7.86. The van der Waals surface area contributed by atoms with Crippen LogP contribution in [0, 0.1) is 0 Å². The number of furan rings is 1. The van der Waals surface area contributed by atoms with Crippen LogP contribution in [0.1, 0.15) is 32.1 Å². The van der Waals surface area contributed by atoms with E-state index < -0.39 is 0 Å². The van der Waals surface area contributed by atoms with E-state index in [1.807, 2.05) is 24.3 Å². The molecule has 1 aromatic carbocycles. The van der Waals surface area contributed by atoms with Gasteiger partial charge >= 0.3 is 0 Å². The molecule has 0 saturated carbocycles. The second-order valence-electron chi connectivity index (χ2n) is 4.52. The number of hydrogen-bond acceptors (Lipinski definition) is 3. The number of benzene rings is 1. The molecular weight excluding hydrogens is 262 g/mol. The SMILES string of the molecule is CCNC(c1cc2cccc(Cl)c2o1)C(CC)OC. The Kier molecular flexibility index (Phi) is 4.86. The zero-order valence-electron chi connectivity index (χ0n) is 11.6. The van der Waals surface area contributed by atoms with Crippen molar-refractivity contribution in [2.45, 2.75) is 32.4 Å². The molecule has 0 fully saturated rings. The van der Waals surface area contributed by atoms with Gasteiger partial charge in [-0.3, -0.25) is 0 Å². The van der Waals surface area contributed by atoms with E-state index in [4.69, 9.17) is 20.8 Å². The lowest BCUT2D eigenvalue weighted by Gasteiger charge is -2.23. The number of para-hydroxylation sites is 1. The Balaban J connectivity index is 2.41. The maximum atomic E-state index is 6.15. The number of hydrogen-bond donors (Lipinski definition) is 1. The number of halogens is 1. The summed E-state index contributed by atoms with van der Waals surface area (Å²) in [6.07, 6.45) is 0.998. The zero-order valence-corrected chi connectivity index (χ0v) is 12.3. The summed E-state index contributed by atoms with van der Waals surface area (Å²) in [4.78, 5) is 0. The topological polar surface area (TPSA) is 34.4 Å².